The van der Waals surface area contributed by atoms with Gasteiger partial charge in [-0.1, -0.05) is 12.1 Å². The summed E-state index contributed by atoms with van der Waals surface area (Å²) in [5.74, 6) is 1.82. The number of anilines is 1. The van der Waals surface area contributed by atoms with Gasteiger partial charge in [0.2, 0.25) is 0 Å². The Labute approximate surface area is 192 Å². The highest BCUT2D eigenvalue weighted by molar-refractivity contribution is 8.93. The van der Waals surface area contributed by atoms with Crippen molar-refractivity contribution >= 4 is 44.2 Å². The molecule has 0 amide bonds. The highest BCUT2D eigenvalue weighted by Gasteiger charge is 2.24. The van der Waals surface area contributed by atoms with Crippen LogP contribution in [-0.4, -0.2) is 55.9 Å². The molecule has 0 saturated carbocycles. The van der Waals surface area contributed by atoms with Crippen molar-refractivity contribution in [1.29, 1.82) is 0 Å². The number of rotatable bonds is 7. The summed E-state index contributed by atoms with van der Waals surface area (Å²) in [7, 11) is 1.72. The molecule has 2 heterocycles. The maximum Gasteiger partial charge on any atom is 0.142 e. The Morgan fingerprint density at radius 2 is 1.90 bits per heavy atom. The maximum absolute atomic E-state index is 6.54. The van der Waals surface area contributed by atoms with Gasteiger partial charge < -0.3 is 20.1 Å². The molecule has 0 aliphatic carbocycles. The number of hydrogen-bond acceptors (Lipinski definition) is 7. The van der Waals surface area contributed by atoms with E-state index in [1.807, 2.05) is 31.2 Å². The van der Waals surface area contributed by atoms with Crippen LogP contribution in [0.15, 0.2) is 42.5 Å². The molecule has 1 aliphatic rings. The fraction of sp³-hybridized carbons (Fsp3) is 0.409. The molecule has 1 unspecified atom stereocenters. The molecular formula is C22H29BrN4O2S. The number of thiazole rings is 1. The topological polar surface area (TPSA) is 63.9 Å². The quantitative estimate of drug-likeness (QED) is 0.538. The minimum absolute atomic E-state index is 0. The van der Waals surface area contributed by atoms with Gasteiger partial charge in [-0.05, 0) is 37.3 Å². The molecule has 4 rings (SSSR count). The minimum Gasteiger partial charge on any atom is -0.495 e. The number of methoxy groups -OCH3 is 1. The Kier molecular flexibility index (Phi) is 7.93. The Bertz CT molecular complexity index is 959. The molecule has 1 aliphatic heterocycles. The Morgan fingerprint density at radius 1 is 1.13 bits per heavy atom. The molecule has 1 atom stereocenters. The first kappa shape index (κ1) is 22.8. The predicted octanol–water partition coefficient (Wildman–Crippen LogP) is 3.93. The van der Waals surface area contributed by atoms with Crippen molar-refractivity contribution in [2.24, 2.45) is 5.73 Å². The van der Waals surface area contributed by atoms with Gasteiger partial charge >= 0.3 is 0 Å². The van der Waals surface area contributed by atoms with E-state index in [9.17, 15) is 0 Å². The van der Waals surface area contributed by atoms with Crippen LogP contribution in [0.3, 0.4) is 0 Å². The number of para-hydroxylation sites is 2. The number of piperazine rings is 1. The largest absolute Gasteiger partial charge is 0.495 e. The Morgan fingerprint density at radius 3 is 2.63 bits per heavy atom. The van der Waals surface area contributed by atoms with Gasteiger partial charge in [0, 0.05) is 32.6 Å². The average molecular weight is 493 g/mol. The number of nitrogens with two attached hydrogens (primary N) is 1. The lowest BCUT2D eigenvalue weighted by atomic mass is 10.2. The van der Waals surface area contributed by atoms with Gasteiger partial charge in [0.1, 0.15) is 11.5 Å². The van der Waals surface area contributed by atoms with Crippen LogP contribution in [0.2, 0.25) is 0 Å². The van der Waals surface area contributed by atoms with Crippen LogP contribution < -0.4 is 20.1 Å². The fourth-order valence-electron chi connectivity index (χ4n) is 3.79. The van der Waals surface area contributed by atoms with Gasteiger partial charge in [0.15, 0.2) is 0 Å². The van der Waals surface area contributed by atoms with Crippen LogP contribution in [0.5, 0.6) is 11.5 Å². The molecule has 8 heteroatoms. The van der Waals surface area contributed by atoms with Gasteiger partial charge in [-0.3, -0.25) is 4.90 Å². The van der Waals surface area contributed by atoms with Crippen molar-refractivity contribution in [1.82, 2.24) is 9.88 Å². The third-order valence-corrected chi connectivity index (χ3v) is 6.35. The van der Waals surface area contributed by atoms with E-state index in [-0.39, 0.29) is 23.1 Å². The molecule has 2 aromatic carbocycles. The standard InChI is InChI=1S/C22H28N4O2S.BrH/c1-3-28-16-8-9-17-20(14-16)29-22(24-17)15-21(23)26-12-10-25(11-13-26)18-6-4-5-7-19(18)27-2;/h4-9,14,21H,3,10-13,15,23H2,1-2H3;1H. The summed E-state index contributed by atoms with van der Waals surface area (Å²) in [5.41, 5.74) is 8.71. The van der Waals surface area contributed by atoms with Crippen molar-refractivity contribution in [2.75, 3.05) is 44.8 Å². The van der Waals surface area contributed by atoms with Crippen molar-refractivity contribution < 1.29 is 9.47 Å². The predicted molar refractivity (Wildman–Crippen MR) is 130 cm³/mol. The first-order chi connectivity index (χ1) is 14.2. The summed E-state index contributed by atoms with van der Waals surface area (Å²) >= 11 is 1.71. The van der Waals surface area contributed by atoms with E-state index in [1.165, 1.54) is 0 Å². The number of benzene rings is 2. The Balaban J connectivity index is 0.00000256. The Hall–Kier alpha value is -1.87. The summed E-state index contributed by atoms with van der Waals surface area (Å²) in [6.07, 6.45) is 0.736. The van der Waals surface area contributed by atoms with Crippen LogP contribution in [0.4, 0.5) is 5.69 Å². The summed E-state index contributed by atoms with van der Waals surface area (Å²) < 4.78 is 12.3. The second kappa shape index (κ2) is 10.4. The van der Waals surface area contributed by atoms with Gasteiger partial charge in [0.25, 0.3) is 0 Å². The van der Waals surface area contributed by atoms with Crippen molar-refractivity contribution in [2.45, 2.75) is 19.5 Å². The zero-order valence-electron chi connectivity index (χ0n) is 17.4. The first-order valence-corrected chi connectivity index (χ1v) is 10.9. The number of ether oxygens (including phenoxy) is 2. The lowest BCUT2D eigenvalue weighted by Gasteiger charge is -2.39. The van der Waals surface area contributed by atoms with Crippen molar-refractivity contribution in [3.8, 4) is 11.5 Å². The monoisotopic (exact) mass is 492 g/mol. The fourth-order valence-corrected chi connectivity index (χ4v) is 4.84. The van der Waals surface area contributed by atoms with Gasteiger partial charge in [-0.25, -0.2) is 4.98 Å². The van der Waals surface area contributed by atoms with Gasteiger partial charge in [-0.2, -0.15) is 0 Å². The molecule has 1 fully saturated rings. The second-order valence-corrected chi connectivity index (χ2v) is 8.25. The molecule has 6 nitrogen and oxygen atoms in total. The SMILES string of the molecule is Br.CCOc1ccc2nc(CC(N)N3CCN(c4ccccc4OC)CC3)sc2c1. The lowest BCUT2D eigenvalue weighted by molar-refractivity contribution is 0.187. The van der Waals surface area contributed by atoms with E-state index in [1.54, 1.807) is 18.4 Å². The first-order valence-electron chi connectivity index (χ1n) is 10.1. The van der Waals surface area contributed by atoms with Crippen molar-refractivity contribution in [3.05, 3.63) is 47.5 Å². The molecule has 30 heavy (non-hydrogen) atoms. The van der Waals surface area contributed by atoms with Gasteiger partial charge in [0.05, 0.1) is 40.8 Å². The number of hydrogen-bond donors (Lipinski definition) is 1. The van der Waals surface area contributed by atoms with E-state index in [4.69, 9.17) is 20.2 Å². The smallest absolute Gasteiger partial charge is 0.142 e. The van der Waals surface area contributed by atoms with Crippen LogP contribution in [0.1, 0.15) is 11.9 Å². The number of fused-ring (bicyclic) bond motifs is 1. The molecule has 3 aromatic rings. The van der Waals surface area contributed by atoms with Crippen LogP contribution in [-0.2, 0) is 6.42 Å². The van der Waals surface area contributed by atoms with E-state index < -0.39 is 0 Å². The molecule has 162 valence electrons. The van der Waals surface area contributed by atoms with Gasteiger partial charge in [-0.15, -0.1) is 28.3 Å². The summed E-state index contributed by atoms with van der Waals surface area (Å²) in [5, 5.41) is 1.08. The molecule has 0 bridgehead atoms. The van der Waals surface area contributed by atoms with E-state index in [0.717, 1.165) is 65.0 Å². The molecule has 1 saturated heterocycles. The molecule has 2 N–H and O–H groups in total. The maximum atomic E-state index is 6.54. The third kappa shape index (κ3) is 5.06. The third-order valence-electron chi connectivity index (χ3n) is 5.31. The summed E-state index contributed by atoms with van der Waals surface area (Å²) in [4.78, 5) is 9.48. The van der Waals surface area contributed by atoms with E-state index >= 15 is 0 Å². The summed E-state index contributed by atoms with van der Waals surface area (Å²) in [6, 6.07) is 14.3. The highest BCUT2D eigenvalue weighted by Crippen LogP contribution is 2.29. The minimum atomic E-state index is -0.0262. The summed E-state index contributed by atoms with van der Waals surface area (Å²) in [6.45, 7) is 6.40. The second-order valence-electron chi connectivity index (χ2n) is 7.14. The highest BCUT2D eigenvalue weighted by atomic mass is 79.9. The van der Waals surface area contributed by atoms with E-state index in [2.05, 4.69) is 28.0 Å². The zero-order chi connectivity index (χ0) is 20.2. The zero-order valence-corrected chi connectivity index (χ0v) is 19.9. The molecule has 0 radical (unpaired) electrons. The van der Waals surface area contributed by atoms with Crippen molar-refractivity contribution in [3.63, 3.8) is 0 Å². The molecule has 1 aromatic heterocycles. The lowest BCUT2D eigenvalue weighted by Crippen LogP contribution is -2.54. The molecule has 0 spiro atoms. The average Bonchev–Trinajstić information content (AvgIpc) is 3.15. The number of aromatic nitrogens is 1. The molecular weight excluding hydrogens is 464 g/mol. The normalized spacial score (nSPS) is 15.6. The number of nitrogens with zero attached hydrogens (tertiary/aromatic N) is 3. The van der Waals surface area contributed by atoms with E-state index in [0.29, 0.717) is 6.61 Å². The van der Waals surface area contributed by atoms with Crippen LogP contribution >= 0.6 is 28.3 Å². The van der Waals surface area contributed by atoms with Crippen LogP contribution in [0, 0.1) is 0 Å². The number of halogens is 1. The van der Waals surface area contributed by atoms with Crippen LogP contribution in [0.25, 0.3) is 10.2 Å².